The third-order valence-corrected chi connectivity index (χ3v) is 4.18. The molecule has 17 heavy (non-hydrogen) atoms. The quantitative estimate of drug-likeness (QED) is 0.841. The summed E-state index contributed by atoms with van der Waals surface area (Å²) in [6.07, 6.45) is 1.19. The van der Waals surface area contributed by atoms with Gasteiger partial charge in [0, 0.05) is 23.1 Å². The predicted octanol–water partition coefficient (Wildman–Crippen LogP) is 3.56. The number of aryl methyl sites for hydroxylation is 1. The molecule has 0 aromatic carbocycles. The van der Waals surface area contributed by atoms with Gasteiger partial charge in [-0.1, -0.05) is 13.8 Å². The van der Waals surface area contributed by atoms with Crippen molar-refractivity contribution >= 4 is 17.6 Å². The van der Waals surface area contributed by atoms with Crippen molar-refractivity contribution in [2.45, 2.75) is 52.0 Å². The molecule has 1 unspecified atom stereocenters. The molecule has 0 aliphatic heterocycles. The summed E-state index contributed by atoms with van der Waals surface area (Å²) in [5.41, 5.74) is 2.24. The molecule has 0 radical (unpaired) electrons. The lowest BCUT2D eigenvalue weighted by molar-refractivity contribution is 0.898. The molecule has 1 N–H and O–H groups in total. The monoisotopic (exact) mass is 253 g/mol. The van der Waals surface area contributed by atoms with E-state index in [4.69, 9.17) is 0 Å². The molecule has 1 atom stereocenters. The summed E-state index contributed by atoms with van der Waals surface area (Å²) in [6.45, 7) is 11.6. The van der Waals surface area contributed by atoms with Gasteiger partial charge in [-0.3, -0.25) is 0 Å². The van der Waals surface area contributed by atoms with Crippen LogP contribution in [0, 0.1) is 13.8 Å². The Balaban J connectivity index is 2.79. The Kier molecular flexibility index (Phi) is 5.75. The summed E-state index contributed by atoms with van der Waals surface area (Å²) in [6, 6.07) is 0. The van der Waals surface area contributed by atoms with E-state index in [1.165, 1.54) is 6.42 Å². The Morgan fingerprint density at radius 2 is 1.94 bits per heavy atom. The lowest BCUT2D eigenvalue weighted by Gasteiger charge is -2.12. The molecule has 1 heterocycles. The maximum atomic E-state index is 4.59. The molecule has 0 amide bonds. The molecular weight excluding hydrogens is 230 g/mol. The summed E-state index contributed by atoms with van der Waals surface area (Å²) in [5.74, 6) is 2.82. The van der Waals surface area contributed by atoms with E-state index < -0.39 is 0 Å². The second kappa shape index (κ2) is 6.84. The van der Waals surface area contributed by atoms with Crippen LogP contribution in [0.4, 0.5) is 5.82 Å². The number of anilines is 1. The van der Waals surface area contributed by atoms with Gasteiger partial charge in [-0.2, -0.15) is 11.8 Å². The largest absolute Gasteiger partial charge is 0.370 e. The van der Waals surface area contributed by atoms with E-state index in [0.29, 0.717) is 5.25 Å². The van der Waals surface area contributed by atoms with Crippen LogP contribution >= 0.6 is 11.8 Å². The number of hydrogen-bond acceptors (Lipinski definition) is 4. The molecule has 96 valence electrons. The first kappa shape index (κ1) is 14.3. The summed E-state index contributed by atoms with van der Waals surface area (Å²) < 4.78 is 0. The molecule has 1 aromatic heterocycles. The average Bonchev–Trinajstić information content (AvgIpc) is 2.32. The van der Waals surface area contributed by atoms with E-state index in [-0.39, 0.29) is 0 Å². The second-order valence-corrected chi connectivity index (χ2v) is 5.69. The molecule has 0 saturated heterocycles. The minimum Gasteiger partial charge on any atom is -0.370 e. The van der Waals surface area contributed by atoms with Crippen molar-refractivity contribution in [1.82, 2.24) is 9.97 Å². The zero-order valence-electron chi connectivity index (χ0n) is 11.5. The standard InChI is InChI=1S/C13H23N3S/c1-6-9(3)17-8-12-15-11(5)10(4)13(16-12)14-7-2/h9H,6-8H2,1-5H3,(H,14,15,16). The molecule has 0 fully saturated rings. The first-order valence-electron chi connectivity index (χ1n) is 6.28. The van der Waals surface area contributed by atoms with Gasteiger partial charge in [0.05, 0.1) is 5.75 Å². The Hall–Kier alpha value is -0.770. The third kappa shape index (κ3) is 4.19. The first-order valence-corrected chi connectivity index (χ1v) is 7.32. The van der Waals surface area contributed by atoms with Crippen LogP contribution in [-0.4, -0.2) is 21.8 Å². The van der Waals surface area contributed by atoms with Crippen molar-refractivity contribution in [3.63, 3.8) is 0 Å². The number of nitrogens with one attached hydrogen (secondary N) is 1. The SMILES string of the molecule is CCNc1nc(CSC(C)CC)nc(C)c1C. The maximum absolute atomic E-state index is 4.59. The Bertz CT molecular complexity index is 366. The number of rotatable bonds is 6. The van der Waals surface area contributed by atoms with Crippen molar-refractivity contribution in [2.75, 3.05) is 11.9 Å². The van der Waals surface area contributed by atoms with Gasteiger partial charge < -0.3 is 5.32 Å². The molecule has 0 spiro atoms. The van der Waals surface area contributed by atoms with Gasteiger partial charge in [-0.15, -0.1) is 0 Å². The fourth-order valence-electron chi connectivity index (χ4n) is 1.43. The minimum atomic E-state index is 0.669. The molecule has 1 rings (SSSR count). The van der Waals surface area contributed by atoms with Crippen molar-refractivity contribution in [1.29, 1.82) is 0 Å². The van der Waals surface area contributed by atoms with Crippen LogP contribution in [0.15, 0.2) is 0 Å². The zero-order valence-corrected chi connectivity index (χ0v) is 12.3. The van der Waals surface area contributed by atoms with Gasteiger partial charge in [0.1, 0.15) is 11.6 Å². The number of thioether (sulfide) groups is 1. The molecule has 1 aromatic rings. The zero-order chi connectivity index (χ0) is 12.8. The highest BCUT2D eigenvalue weighted by Crippen LogP contribution is 2.21. The van der Waals surface area contributed by atoms with Crippen molar-refractivity contribution in [2.24, 2.45) is 0 Å². The summed E-state index contributed by atoms with van der Waals surface area (Å²) >= 11 is 1.92. The number of nitrogens with zero attached hydrogens (tertiary/aromatic N) is 2. The molecule has 3 nitrogen and oxygen atoms in total. The molecule has 0 aliphatic carbocycles. The summed E-state index contributed by atoms with van der Waals surface area (Å²) in [5, 5.41) is 3.97. The van der Waals surface area contributed by atoms with Gasteiger partial charge >= 0.3 is 0 Å². The average molecular weight is 253 g/mol. The molecule has 0 saturated carbocycles. The molecular formula is C13H23N3S. The maximum Gasteiger partial charge on any atom is 0.140 e. The third-order valence-electron chi connectivity index (χ3n) is 2.85. The van der Waals surface area contributed by atoms with Crippen LogP contribution in [0.5, 0.6) is 0 Å². The fourth-order valence-corrected chi connectivity index (χ4v) is 2.22. The van der Waals surface area contributed by atoms with Crippen LogP contribution in [-0.2, 0) is 5.75 Å². The molecule has 0 bridgehead atoms. The van der Waals surface area contributed by atoms with E-state index in [0.717, 1.165) is 35.2 Å². The van der Waals surface area contributed by atoms with Crippen LogP contribution in [0.1, 0.15) is 44.3 Å². The summed E-state index contributed by atoms with van der Waals surface area (Å²) in [4.78, 5) is 9.14. The Morgan fingerprint density at radius 1 is 1.24 bits per heavy atom. The second-order valence-electron chi connectivity index (χ2n) is 4.26. The van der Waals surface area contributed by atoms with Crippen molar-refractivity contribution in [3.05, 3.63) is 17.1 Å². The fraction of sp³-hybridized carbons (Fsp3) is 0.692. The summed E-state index contributed by atoms with van der Waals surface area (Å²) in [7, 11) is 0. The topological polar surface area (TPSA) is 37.8 Å². The number of aromatic nitrogens is 2. The Morgan fingerprint density at radius 3 is 2.53 bits per heavy atom. The van der Waals surface area contributed by atoms with Gasteiger partial charge in [0.25, 0.3) is 0 Å². The highest BCUT2D eigenvalue weighted by atomic mass is 32.2. The normalized spacial score (nSPS) is 12.5. The van der Waals surface area contributed by atoms with Crippen molar-refractivity contribution < 1.29 is 0 Å². The molecule has 4 heteroatoms. The van der Waals surface area contributed by atoms with Gasteiger partial charge in [-0.05, 0) is 27.2 Å². The minimum absolute atomic E-state index is 0.669. The molecule has 0 aliphatic rings. The van der Waals surface area contributed by atoms with E-state index >= 15 is 0 Å². The van der Waals surface area contributed by atoms with Crippen molar-refractivity contribution in [3.8, 4) is 0 Å². The smallest absolute Gasteiger partial charge is 0.140 e. The van der Waals surface area contributed by atoms with Crippen LogP contribution in [0.2, 0.25) is 0 Å². The number of hydrogen-bond donors (Lipinski definition) is 1. The highest BCUT2D eigenvalue weighted by Gasteiger charge is 2.08. The predicted molar refractivity (Wildman–Crippen MR) is 76.7 cm³/mol. The van der Waals surface area contributed by atoms with Gasteiger partial charge in [-0.25, -0.2) is 9.97 Å². The van der Waals surface area contributed by atoms with Crippen LogP contribution in [0.3, 0.4) is 0 Å². The highest BCUT2D eigenvalue weighted by molar-refractivity contribution is 7.99. The van der Waals surface area contributed by atoms with E-state index in [9.17, 15) is 0 Å². The van der Waals surface area contributed by atoms with Crippen LogP contribution < -0.4 is 5.32 Å². The van der Waals surface area contributed by atoms with Gasteiger partial charge in [0.2, 0.25) is 0 Å². The lowest BCUT2D eigenvalue weighted by Crippen LogP contribution is -2.08. The lowest BCUT2D eigenvalue weighted by atomic mass is 10.2. The van der Waals surface area contributed by atoms with E-state index in [1.807, 2.05) is 11.8 Å². The van der Waals surface area contributed by atoms with E-state index in [2.05, 4.69) is 49.9 Å². The van der Waals surface area contributed by atoms with Gasteiger partial charge in [0.15, 0.2) is 0 Å². The van der Waals surface area contributed by atoms with Crippen LogP contribution in [0.25, 0.3) is 0 Å². The Labute approximate surface area is 109 Å². The first-order chi connectivity index (χ1) is 8.08. The van der Waals surface area contributed by atoms with E-state index in [1.54, 1.807) is 0 Å².